The van der Waals surface area contributed by atoms with E-state index in [1.807, 2.05) is 0 Å². The lowest BCUT2D eigenvalue weighted by molar-refractivity contribution is -0.117. The molecule has 0 aromatic heterocycles. The second kappa shape index (κ2) is 5.66. The largest absolute Gasteiger partial charge is 0.355 e. The van der Waals surface area contributed by atoms with E-state index in [1.54, 1.807) is 14.2 Å². The van der Waals surface area contributed by atoms with Gasteiger partial charge in [-0.2, -0.15) is 0 Å². The smallest absolute Gasteiger partial charge is 0.169 e. The average molecular weight is 202 g/mol. The molecule has 1 fully saturated rings. The van der Waals surface area contributed by atoms with Crippen molar-refractivity contribution in [1.82, 2.24) is 4.90 Å². The molecule has 4 heteroatoms. The van der Waals surface area contributed by atoms with E-state index in [0.717, 1.165) is 19.6 Å². The minimum Gasteiger partial charge on any atom is -0.355 e. The molecular formula is C10H22N2O2. The summed E-state index contributed by atoms with van der Waals surface area (Å²) in [6.45, 7) is 4.93. The molecule has 2 unspecified atom stereocenters. The van der Waals surface area contributed by atoms with Crippen LogP contribution < -0.4 is 5.73 Å². The molecule has 1 aliphatic heterocycles. The molecule has 1 saturated heterocycles. The standard InChI is InChI=1S/C10H22N2O2/c1-8-4-9(5-11)6-12(8)7-10(13-2)14-3/h8-10H,4-7,11H2,1-3H3. The van der Waals surface area contributed by atoms with Crippen LogP contribution in [0.3, 0.4) is 0 Å². The molecule has 0 bridgehead atoms. The highest BCUT2D eigenvalue weighted by atomic mass is 16.7. The van der Waals surface area contributed by atoms with Crippen molar-refractivity contribution in [2.45, 2.75) is 25.7 Å². The molecule has 84 valence electrons. The molecule has 2 N–H and O–H groups in total. The number of nitrogens with zero attached hydrogens (tertiary/aromatic N) is 1. The SMILES string of the molecule is COC(CN1CC(CN)CC1C)OC. The van der Waals surface area contributed by atoms with E-state index in [0.29, 0.717) is 12.0 Å². The molecule has 1 heterocycles. The van der Waals surface area contributed by atoms with Crippen molar-refractivity contribution in [1.29, 1.82) is 0 Å². The van der Waals surface area contributed by atoms with Gasteiger partial charge < -0.3 is 15.2 Å². The highest BCUT2D eigenvalue weighted by Crippen LogP contribution is 2.22. The first kappa shape index (κ1) is 11.9. The van der Waals surface area contributed by atoms with E-state index in [-0.39, 0.29) is 6.29 Å². The van der Waals surface area contributed by atoms with Gasteiger partial charge in [-0.15, -0.1) is 0 Å². The molecule has 0 aromatic carbocycles. The maximum Gasteiger partial charge on any atom is 0.169 e. The summed E-state index contributed by atoms with van der Waals surface area (Å²) in [5.74, 6) is 0.638. The topological polar surface area (TPSA) is 47.7 Å². The fraction of sp³-hybridized carbons (Fsp3) is 1.00. The summed E-state index contributed by atoms with van der Waals surface area (Å²) in [4.78, 5) is 2.38. The average Bonchev–Trinajstić information content (AvgIpc) is 2.56. The maximum absolute atomic E-state index is 5.66. The van der Waals surface area contributed by atoms with Gasteiger partial charge in [-0.3, -0.25) is 4.90 Å². The molecule has 0 spiro atoms. The zero-order chi connectivity index (χ0) is 10.6. The van der Waals surface area contributed by atoms with Gasteiger partial charge in [-0.25, -0.2) is 0 Å². The molecule has 2 atom stereocenters. The van der Waals surface area contributed by atoms with E-state index >= 15 is 0 Å². The van der Waals surface area contributed by atoms with E-state index in [2.05, 4.69) is 11.8 Å². The van der Waals surface area contributed by atoms with Gasteiger partial charge in [0.05, 0.1) is 0 Å². The van der Waals surface area contributed by atoms with Crippen LogP contribution in [0, 0.1) is 5.92 Å². The Morgan fingerprint density at radius 3 is 2.50 bits per heavy atom. The third kappa shape index (κ3) is 2.92. The molecule has 0 radical (unpaired) electrons. The summed E-state index contributed by atoms with van der Waals surface area (Å²) < 4.78 is 10.4. The Morgan fingerprint density at radius 1 is 1.43 bits per heavy atom. The van der Waals surface area contributed by atoms with Crippen molar-refractivity contribution < 1.29 is 9.47 Å². The molecule has 0 aromatic rings. The van der Waals surface area contributed by atoms with Gasteiger partial charge in [0, 0.05) is 33.4 Å². The van der Waals surface area contributed by atoms with Crippen molar-refractivity contribution in [3.8, 4) is 0 Å². The maximum atomic E-state index is 5.66. The van der Waals surface area contributed by atoms with Crippen molar-refractivity contribution in [2.75, 3.05) is 33.9 Å². The third-order valence-corrected chi connectivity index (χ3v) is 3.03. The van der Waals surface area contributed by atoms with Gasteiger partial charge in [0.15, 0.2) is 6.29 Å². The third-order valence-electron chi connectivity index (χ3n) is 3.03. The lowest BCUT2D eigenvalue weighted by Crippen LogP contribution is -2.37. The number of methoxy groups -OCH3 is 2. The summed E-state index contributed by atoms with van der Waals surface area (Å²) in [7, 11) is 3.35. The van der Waals surface area contributed by atoms with Crippen LogP contribution in [-0.4, -0.2) is 51.1 Å². The van der Waals surface area contributed by atoms with Crippen molar-refractivity contribution in [3.05, 3.63) is 0 Å². The Labute approximate surface area is 86.3 Å². The zero-order valence-corrected chi connectivity index (χ0v) is 9.40. The van der Waals surface area contributed by atoms with Gasteiger partial charge in [0.25, 0.3) is 0 Å². The Hall–Kier alpha value is -0.160. The minimum absolute atomic E-state index is 0.117. The quantitative estimate of drug-likeness (QED) is 0.650. The van der Waals surface area contributed by atoms with Crippen LogP contribution in [0.25, 0.3) is 0 Å². The van der Waals surface area contributed by atoms with E-state index < -0.39 is 0 Å². The summed E-state index contributed by atoms with van der Waals surface area (Å²) in [6, 6.07) is 0.594. The normalized spacial score (nSPS) is 28.9. The molecule has 0 saturated carbocycles. The number of hydrogen-bond acceptors (Lipinski definition) is 4. The lowest BCUT2D eigenvalue weighted by Gasteiger charge is -2.25. The summed E-state index contributed by atoms with van der Waals surface area (Å²) in [6.07, 6.45) is 1.07. The van der Waals surface area contributed by atoms with Gasteiger partial charge in [-0.05, 0) is 25.8 Å². The van der Waals surface area contributed by atoms with Crippen LogP contribution in [0.1, 0.15) is 13.3 Å². The number of likely N-dealkylation sites (tertiary alicyclic amines) is 1. The van der Waals surface area contributed by atoms with Crippen LogP contribution in [0.2, 0.25) is 0 Å². The van der Waals surface area contributed by atoms with Crippen LogP contribution in [0.4, 0.5) is 0 Å². The highest BCUT2D eigenvalue weighted by molar-refractivity contribution is 4.83. The van der Waals surface area contributed by atoms with Crippen LogP contribution >= 0.6 is 0 Å². The van der Waals surface area contributed by atoms with Gasteiger partial charge in [0.2, 0.25) is 0 Å². The Balaban J connectivity index is 2.37. The van der Waals surface area contributed by atoms with Gasteiger partial charge >= 0.3 is 0 Å². The fourth-order valence-corrected chi connectivity index (χ4v) is 2.08. The molecule has 4 nitrogen and oxygen atoms in total. The molecule has 0 aliphatic carbocycles. The number of ether oxygens (including phenoxy) is 2. The second-order valence-electron chi connectivity index (χ2n) is 4.04. The first-order valence-electron chi connectivity index (χ1n) is 5.21. The minimum atomic E-state index is -0.117. The predicted octanol–water partition coefficient (Wildman–Crippen LogP) is 0.274. The molecule has 1 aliphatic rings. The molecule has 14 heavy (non-hydrogen) atoms. The Kier molecular flexibility index (Phi) is 4.81. The van der Waals surface area contributed by atoms with Crippen molar-refractivity contribution >= 4 is 0 Å². The molecule has 1 rings (SSSR count). The second-order valence-corrected chi connectivity index (χ2v) is 4.04. The summed E-state index contributed by atoms with van der Waals surface area (Å²) in [5, 5.41) is 0. The zero-order valence-electron chi connectivity index (χ0n) is 9.40. The lowest BCUT2D eigenvalue weighted by atomic mass is 10.1. The summed E-state index contributed by atoms with van der Waals surface area (Å²) in [5.41, 5.74) is 5.66. The van der Waals surface area contributed by atoms with Crippen molar-refractivity contribution in [3.63, 3.8) is 0 Å². The van der Waals surface area contributed by atoms with E-state index in [1.165, 1.54) is 6.42 Å². The van der Waals surface area contributed by atoms with Gasteiger partial charge in [0.1, 0.15) is 0 Å². The summed E-state index contributed by atoms with van der Waals surface area (Å²) >= 11 is 0. The number of nitrogens with two attached hydrogens (primary N) is 1. The predicted molar refractivity (Wildman–Crippen MR) is 56.0 cm³/mol. The molecular weight excluding hydrogens is 180 g/mol. The number of rotatable bonds is 5. The first-order valence-corrected chi connectivity index (χ1v) is 5.21. The fourth-order valence-electron chi connectivity index (χ4n) is 2.08. The highest BCUT2D eigenvalue weighted by Gasteiger charge is 2.29. The first-order chi connectivity index (χ1) is 6.71. The Bertz CT molecular complexity index is 162. The van der Waals surface area contributed by atoms with Gasteiger partial charge in [-0.1, -0.05) is 0 Å². The van der Waals surface area contributed by atoms with Crippen molar-refractivity contribution in [2.24, 2.45) is 11.7 Å². The monoisotopic (exact) mass is 202 g/mol. The number of hydrogen-bond donors (Lipinski definition) is 1. The van der Waals surface area contributed by atoms with E-state index in [4.69, 9.17) is 15.2 Å². The Morgan fingerprint density at radius 2 is 2.07 bits per heavy atom. The van der Waals surface area contributed by atoms with Crippen LogP contribution in [0.15, 0.2) is 0 Å². The van der Waals surface area contributed by atoms with Crippen LogP contribution in [-0.2, 0) is 9.47 Å². The van der Waals surface area contributed by atoms with Crippen LogP contribution in [0.5, 0.6) is 0 Å². The van der Waals surface area contributed by atoms with E-state index in [9.17, 15) is 0 Å². The molecule has 0 amide bonds.